The molecule has 1 unspecified atom stereocenters. The normalized spacial score (nSPS) is 12.4. The summed E-state index contributed by atoms with van der Waals surface area (Å²) in [6, 6.07) is 0. The van der Waals surface area contributed by atoms with Crippen molar-refractivity contribution in [3.05, 3.63) is 16.1 Å². The molecule has 0 aliphatic heterocycles. The van der Waals surface area contributed by atoms with E-state index in [1.54, 1.807) is 17.1 Å². The van der Waals surface area contributed by atoms with E-state index < -0.39 is 0 Å². The van der Waals surface area contributed by atoms with Crippen LogP contribution in [-0.2, 0) is 6.54 Å². The van der Waals surface area contributed by atoms with Crippen molar-refractivity contribution >= 4 is 29.0 Å². The summed E-state index contributed by atoms with van der Waals surface area (Å²) in [4.78, 5) is 15.8. The van der Waals surface area contributed by atoms with Crippen molar-refractivity contribution in [2.75, 3.05) is 18.6 Å². The van der Waals surface area contributed by atoms with Gasteiger partial charge in [0.2, 0.25) is 0 Å². The molecule has 0 spiro atoms. The number of nitrogens with one attached hydrogen (secondary N) is 1. The summed E-state index contributed by atoms with van der Waals surface area (Å²) in [5.74, 6) is 1.42. The number of hydrogen-bond acceptors (Lipinski definition) is 5. The average molecular weight is 259 g/mol. The first-order valence-electron chi connectivity index (χ1n) is 5.09. The summed E-state index contributed by atoms with van der Waals surface area (Å²) < 4.78 is 0. The highest BCUT2D eigenvalue weighted by Gasteiger charge is 2.10. The zero-order chi connectivity index (χ0) is 12.0. The number of carbonyl (C=O) groups is 1. The molecule has 0 fully saturated rings. The van der Waals surface area contributed by atoms with Gasteiger partial charge in [0.25, 0.3) is 5.91 Å². The van der Waals surface area contributed by atoms with E-state index in [1.807, 2.05) is 0 Å². The lowest BCUT2D eigenvalue weighted by Crippen LogP contribution is -2.29. The van der Waals surface area contributed by atoms with Gasteiger partial charge in [-0.2, -0.15) is 11.8 Å². The van der Waals surface area contributed by atoms with Crippen molar-refractivity contribution in [2.45, 2.75) is 13.5 Å². The molecule has 3 N–H and O–H groups in total. The maximum Gasteiger partial charge on any atom is 0.270 e. The Labute approximate surface area is 104 Å². The number of nitrogens with zero attached hydrogens (tertiary/aromatic N) is 1. The minimum atomic E-state index is -0.107. The van der Waals surface area contributed by atoms with Crippen LogP contribution < -0.4 is 11.1 Å². The van der Waals surface area contributed by atoms with Crippen LogP contribution in [0.2, 0.25) is 0 Å². The molecule has 1 rings (SSSR count). The number of rotatable bonds is 6. The van der Waals surface area contributed by atoms with Crippen molar-refractivity contribution in [3.8, 4) is 0 Å². The number of carbonyl (C=O) groups excluding carboxylic acids is 1. The maximum absolute atomic E-state index is 11.7. The first-order chi connectivity index (χ1) is 7.67. The molecule has 0 bridgehead atoms. The van der Waals surface area contributed by atoms with Crippen LogP contribution >= 0.6 is 23.1 Å². The predicted molar refractivity (Wildman–Crippen MR) is 69.9 cm³/mol. The number of amides is 1. The molecular formula is C10H17N3OS2. The molecule has 0 saturated heterocycles. The summed E-state index contributed by atoms with van der Waals surface area (Å²) >= 11 is 3.20. The number of thioether (sulfide) groups is 1. The predicted octanol–water partition coefficient (Wildman–Crippen LogP) is 1.33. The molecule has 16 heavy (non-hydrogen) atoms. The first kappa shape index (κ1) is 13.5. The Hall–Kier alpha value is -0.590. The van der Waals surface area contributed by atoms with Crippen molar-refractivity contribution in [1.29, 1.82) is 0 Å². The third-order valence-corrected chi connectivity index (χ3v) is 3.79. The molecule has 0 saturated carbocycles. The highest BCUT2D eigenvalue weighted by atomic mass is 32.2. The third-order valence-electron chi connectivity index (χ3n) is 2.02. The van der Waals surface area contributed by atoms with Crippen LogP contribution in [0.25, 0.3) is 0 Å². The van der Waals surface area contributed by atoms with Crippen molar-refractivity contribution in [3.63, 3.8) is 0 Å². The van der Waals surface area contributed by atoms with E-state index in [-0.39, 0.29) is 5.91 Å². The van der Waals surface area contributed by atoms with Gasteiger partial charge < -0.3 is 11.1 Å². The smallest absolute Gasteiger partial charge is 0.270 e. The topological polar surface area (TPSA) is 68.0 Å². The van der Waals surface area contributed by atoms with E-state index in [4.69, 9.17) is 5.73 Å². The highest BCUT2D eigenvalue weighted by Crippen LogP contribution is 2.09. The van der Waals surface area contributed by atoms with Gasteiger partial charge >= 0.3 is 0 Å². The number of thiazole rings is 1. The summed E-state index contributed by atoms with van der Waals surface area (Å²) in [6.07, 6.45) is 2.06. The Morgan fingerprint density at radius 1 is 1.75 bits per heavy atom. The van der Waals surface area contributed by atoms with E-state index in [9.17, 15) is 4.79 Å². The molecule has 1 aromatic heterocycles. The van der Waals surface area contributed by atoms with E-state index in [1.165, 1.54) is 11.3 Å². The minimum Gasteiger partial charge on any atom is -0.350 e. The average Bonchev–Trinajstić information content (AvgIpc) is 2.75. The van der Waals surface area contributed by atoms with E-state index >= 15 is 0 Å². The second kappa shape index (κ2) is 6.88. The van der Waals surface area contributed by atoms with Crippen molar-refractivity contribution < 1.29 is 4.79 Å². The Morgan fingerprint density at radius 3 is 3.06 bits per heavy atom. The molecule has 4 nitrogen and oxygen atoms in total. The Bertz CT molecular complexity index is 341. The summed E-state index contributed by atoms with van der Waals surface area (Å²) in [6.45, 7) is 3.19. The standard InChI is InChI=1S/C10H17N3OS2/c1-7(5-15-2)4-12-10(14)8-6-16-9(3-11)13-8/h6-7H,3-5,11H2,1-2H3,(H,12,14). The molecule has 0 aliphatic rings. The number of aromatic nitrogens is 1. The molecule has 0 aliphatic carbocycles. The quantitative estimate of drug-likeness (QED) is 0.809. The zero-order valence-electron chi connectivity index (χ0n) is 9.53. The van der Waals surface area contributed by atoms with Gasteiger partial charge in [0, 0.05) is 18.5 Å². The van der Waals surface area contributed by atoms with Crippen LogP contribution in [0.5, 0.6) is 0 Å². The summed E-state index contributed by atoms with van der Waals surface area (Å²) in [5, 5.41) is 5.41. The van der Waals surface area contributed by atoms with Crippen LogP contribution in [0.1, 0.15) is 22.4 Å². The third kappa shape index (κ3) is 4.11. The van der Waals surface area contributed by atoms with Crippen molar-refractivity contribution in [1.82, 2.24) is 10.3 Å². The van der Waals surface area contributed by atoms with Gasteiger partial charge in [0.05, 0.1) is 0 Å². The fourth-order valence-electron chi connectivity index (χ4n) is 1.21. The first-order valence-corrected chi connectivity index (χ1v) is 7.36. The molecule has 1 heterocycles. The Balaban J connectivity index is 2.40. The SMILES string of the molecule is CSCC(C)CNC(=O)c1csc(CN)n1. The van der Waals surface area contributed by atoms with Gasteiger partial charge in [-0.05, 0) is 17.9 Å². The zero-order valence-corrected chi connectivity index (χ0v) is 11.2. The van der Waals surface area contributed by atoms with Crippen LogP contribution in [0.15, 0.2) is 5.38 Å². The summed E-state index contributed by atoms with van der Waals surface area (Å²) in [5.41, 5.74) is 5.91. The molecule has 1 amide bonds. The summed E-state index contributed by atoms with van der Waals surface area (Å²) in [7, 11) is 0. The number of nitrogens with two attached hydrogens (primary N) is 1. The van der Waals surface area contributed by atoms with Gasteiger partial charge in [-0.15, -0.1) is 11.3 Å². The maximum atomic E-state index is 11.7. The van der Waals surface area contributed by atoms with Gasteiger partial charge in [0.1, 0.15) is 10.7 Å². The molecule has 6 heteroatoms. The molecular weight excluding hydrogens is 242 g/mol. The monoisotopic (exact) mass is 259 g/mol. The van der Waals surface area contributed by atoms with Gasteiger partial charge in [-0.3, -0.25) is 4.79 Å². The van der Waals surface area contributed by atoms with Crippen LogP contribution in [0, 0.1) is 5.92 Å². The lowest BCUT2D eigenvalue weighted by atomic mass is 10.2. The molecule has 90 valence electrons. The van der Waals surface area contributed by atoms with E-state index in [2.05, 4.69) is 23.5 Å². The van der Waals surface area contributed by atoms with Gasteiger partial charge in [-0.25, -0.2) is 4.98 Å². The Morgan fingerprint density at radius 2 is 2.50 bits per heavy atom. The largest absolute Gasteiger partial charge is 0.350 e. The van der Waals surface area contributed by atoms with E-state index in [0.717, 1.165) is 10.8 Å². The molecule has 0 radical (unpaired) electrons. The van der Waals surface area contributed by atoms with Crippen LogP contribution in [-0.4, -0.2) is 29.4 Å². The molecule has 0 aromatic carbocycles. The van der Waals surface area contributed by atoms with Crippen molar-refractivity contribution in [2.24, 2.45) is 11.7 Å². The fourth-order valence-corrected chi connectivity index (χ4v) is 2.55. The molecule has 1 aromatic rings. The highest BCUT2D eigenvalue weighted by molar-refractivity contribution is 7.98. The second-order valence-electron chi connectivity index (χ2n) is 3.60. The minimum absolute atomic E-state index is 0.107. The fraction of sp³-hybridized carbons (Fsp3) is 0.600. The van der Waals surface area contributed by atoms with Gasteiger partial charge in [-0.1, -0.05) is 6.92 Å². The van der Waals surface area contributed by atoms with Crippen LogP contribution in [0.3, 0.4) is 0 Å². The number of hydrogen-bond donors (Lipinski definition) is 2. The van der Waals surface area contributed by atoms with Crippen LogP contribution in [0.4, 0.5) is 0 Å². The lowest BCUT2D eigenvalue weighted by Gasteiger charge is -2.09. The molecule has 1 atom stereocenters. The second-order valence-corrected chi connectivity index (χ2v) is 5.45. The lowest BCUT2D eigenvalue weighted by molar-refractivity contribution is 0.0945. The Kier molecular flexibility index (Phi) is 5.79. The van der Waals surface area contributed by atoms with Gasteiger partial charge in [0.15, 0.2) is 0 Å². The van der Waals surface area contributed by atoms with E-state index in [0.29, 0.717) is 24.7 Å².